The van der Waals surface area contributed by atoms with E-state index in [1.807, 2.05) is 30.3 Å². The third kappa shape index (κ3) is 6.17. The van der Waals surface area contributed by atoms with Crippen molar-refractivity contribution in [1.82, 2.24) is 4.90 Å². The van der Waals surface area contributed by atoms with Crippen LogP contribution in [0.2, 0.25) is 0 Å². The summed E-state index contributed by atoms with van der Waals surface area (Å²) < 4.78 is 32.4. The van der Waals surface area contributed by atoms with Crippen molar-refractivity contribution in [2.75, 3.05) is 24.1 Å². The highest BCUT2D eigenvalue weighted by molar-refractivity contribution is 7.92. The molecular formula is C27H32N2O4S. The van der Waals surface area contributed by atoms with Gasteiger partial charge in [-0.3, -0.25) is 9.62 Å². The molecule has 180 valence electrons. The van der Waals surface area contributed by atoms with Crippen LogP contribution in [0.4, 0.5) is 5.69 Å². The number of hydrogen-bond acceptors (Lipinski definition) is 5. The first-order valence-corrected chi connectivity index (χ1v) is 13.5. The van der Waals surface area contributed by atoms with Crippen molar-refractivity contribution in [3.05, 3.63) is 95.1 Å². The van der Waals surface area contributed by atoms with Gasteiger partial charge in [0.25, 0.3) is 0 Å². The molecular weight excluding hydrogens is 448 g/mol. The third-order valence-electron chi connectivity index (χ3n) is 6.28. The van der Waals surface area contributed by atoms with Crippen molar-refractivity contribution in [3.8, 4) is 5.75 Å². The minimum absolute atomic E-state index is 0.313. The van der Waals surface area contributed by atoms with Gasteiger partial charge in [0.2, 0.25) is 10.0 Å². The zero-order chi connectivity index (χ0) is 24.1. The molecule has 1 aliphatic carbocycles. The zero-order valence-corrected chi connectivity index (χ0v) is 20.5. The molecule has 4 rings (SSSR count). The fourth-order valence-corrected chi connectivity index (χ4v) is 5.11. The predicted octanol–water partition coefficient (Wildman–Crippen LogP) is 4.16. The standard InChI is InChI=1S/C27H32N2O4S/c1-3-29(24-15-21-11-7-8-12-22(21)16-24)18-26(30)23-13-14-27(25(17-23)28-34(2,31)32)33-19-20-9-5-4-6-10-20/h4-14,17,24,26,28,30H,3,15-16,18-19H2,1-2H3. The topological polar surface area (TPSA) is 78.9 Å². The number of sulfonamides is 1. The van der Waals surface area contributed by atoms with Crippen molar-refractivity contribution >= 4 is 15.7 Å². The SMILES string of the molecule is CCN(CC(O)c1ccc(OCc2ccccc2)c(NS(C)(=O)=O)c1)C1Cc2ccccc2C1. The molecule has 0 fully saturated rings. The molecule has 0 bridgehead atoms. The van der Waals surface area contributed by atoms with E-state index < -0.39 is 16.1 Å². The number of ether oxygens (including phenoxy) is 1. The molecule has 6 nitrogen and oxygen atoms in total. The largest absolute Gasteiger partial charge is 0.487 e. The lowest BCUT2D eigenvalue weighted by molar-refractivity contribution is 0.0923. The Morgan fingerprint density at radius 2 is 1.68 bits per heavy atom. The number of hydrogen-bond donors (Lipinski definition) is 2. The molecule has 0 heterocycles. The van der Waals surface area contributed by atoms with Crippen LogP contribution in [-0.4, -0.2) is 43.8 Å². The number of nitrogens with zero attached hydrogens (tertiary/aromatic N) is 1. The Labute approximate surface area is 202 Å². The molecule has 2 N–H and O–H groups in total. The lowest BCUT2D eigenvalue weighted by Gasteiger charge is -2.30. The Morgan fingerprint density at radius 3 is 2.29 bits per heavy atom. The summed E-state index contributed by atoms with van der Waals surface area (Å²) in [5, 5.41) is 11.1. The Balaban J connectivity index is 1.49. The summed E-state index contributed by atoms with van der Waals surface area (Å²) in [7, 11) is -3.52. The van der Waals surface area contributed by atoms with E-state index in [2.05, 4.69) is 40.8 Å². The molecule has 34 heavy (non-hydrogen) atoms. The number of aliphatic hydroxyl groups is 1. The van der Waals surface area contributed by atoms with Crippen LogP contribution < -0.4 is 9.46 Å². The summed E-state index contributed by atoms with van der Waals surface area (Å²) >= 11 is 0. The number of nitrogens with one attached hydrogen (secondary N) is 1. The number of anilines is 1. The average Bonchev–Trinajstić information content (AvgIpc) is 3.25. The molecule has 1 atom stereocenters. The Hall–Kier alpha value is -2.87. The van der Waals surface area contributed by atoms with Gasteiger partial charge in [0, 0.05) is 12.6 Å². The number of aliphatic hydroxyl groups excluding tert-OH is 1. The second-order valence-corrected chi connectivity index (χ2v) is 10.6. The average molecular weight is 481 g/mol. The summed E-state index contributed by atoms with van der Waals surface area (Å²) in [6.45, 7) is 3.71. The molecule has 1 unspecified atom stereocenters. The Morgan fingerprint density at radius 1 is 1.03 bits per heavy atom. The highest BCUT2D eigenvalue weighted by Crippen LogP contribution is 2.31. The lowest BCUT2D eigenvalue weighted by Crippen LogP contribution is -2.38. The fourth-order valence-electron chi connectivity index (χ4n) is 4.55. The van der Waals surface area contributed by atoms with Crippen LogP contribution in [0, 0.1) is 0 Å². The van der Waals surface area contributed by atoms with Gasteiger partial charge in [0.05, 0.1) is 18.0 Å². The fraction of sp³-hybridized carbons (Fsp3) is 0.333. The lowest BCUT2D eigenvalue weighted by atomic mass is 10.1. The molecule has 0 radical (unpaired) electrons. The van der Waals surface area contributed by atoms with Crippen LogP contribution in [0.15, 0.2) is 72.8 Å². The van der Waals surface area contributed by atoms with Gasteiger partial charge in [0.1, 0.15) is 12.4 Å². The van der Waals surface area contributed by atoms with Crippen molar-refractivity contribution < 1.29 is 18.3 Å². The van der Waals surface area contributed by atoms with Crippen molar-refractivity contribution in [1.29, 1.82) is 0 Å². The summed E-state index contributed by atoms with van der Waals surface area (Å²) in [5.74, 6) is 0.420. The number of likely N-dealkylation sites (N-methyl/N-ethyl adjacent to an activating group) is 1. The summed E-state index contributed by atoms with van der Waals surface area (Å²) in [6.07, 6.45) is 2.30. The predicted molar refractivity (Wildman–Crippen MR) is 136 cm³/mol. The first-order valence-electron chi connectivity index (χ1n) is 11.6. The molecule has 0 aliphatic heterocycles. The van der Waals surface area contributed by atoms with Crippen molar-refractivity contribution in [3.63, 3.8) is 0 Å². The van der Waals surface area contributed by atoms with E-state index in [-0.39, 0.29) is 0 Å². The summed E-state index contributed by atoms with van der Waals surface area (Å²) in [5.41, 5.74) is 4.70. The highest BCUT2D eigenvalue weighted by Gasteiger charge is 2.27. The third-order valence-corrected chi connectivity index (χ3v) is 6.87. The molecule has 0 aromatic heterocycles. The van der Waals surface area contributed by atoms with Gasteiger partial charge in [-0.2, -0.15) is 0 Å². The molecule has 7 heteroatoms. The molecule has 3 aromatic carbocycles. The van der Waals surface area contributed by atoms with Crippen LogP contribution in [0.5, 0.6) is 5.75 Å². The van der Waals surface area contributed by atoms with Gasteiger partial charge in [-0.15, -0.1) is 0 Å². The molecule has 3 aromatic rings. The maximum absolute atomic E-state index is 12.0. The summed E-state index contributed by atoms with van der Waals surface area (Å²) in [4.78, 5) is 2.30. The Bertz CT molecular complexity index is 1190. The number of fused-ring (bicyclic) bond motifs is 1. The van der Waals surface area contributed by atoms with E-state index in [0.717, 1.165) is 31.2 Å². The monoisotopic (exact) mass is 480 g/mol. The maximum Gasteiger partial charge on any atom is 0.229 e. The molecule has 0 spiro atoms. The first kappa shape index (κ1) is 24.3. The summed E-state index contributed by atoms with van der Waals surface area (Å²) in [6, 6.07) is 23.7. The zero-order valence-electron chi connectivity index (χ0n) is 19.6. The van der Waals surface area contributed by atoms with E-state index in [1.165, 1.54) is 11.1 Å². The van der Waals surface area contributed by atoms with E-state index in [0.29, 0.717) is 36.2 Å². The van der Waals surface area contributed by atoms with Gasteiger partial charge < -0.3 is 9.84 Å². The second-order valence-electron chi connectivity index (χ2n) is 8.84. The van der Waals surface area contributed by atoms with Gasteiger partial charge in [-0.1, -0.05) is 67.6 Å². The number of benzene rings is 3. The van der Waals surface area contributed by atoms with Crippen molar-refractivity contribution in [2.45, 2.75) is 38.5 Å². The van der Waals surface area contributed by atoms with Crippen LogP contribution in [-0.2, 0) is 29.5 Å². The van der Waals surface area contributed by atoms with E-state index in [4.69, 9.17) is 4.74 Å². The second kappa shape index (κ2) is 10.6. The number of rotatable bonds is 10. The van der Waals surface area contributed by atoms with Crippen LogP contribution in [0.25, 0.3) is 0 Å². The highest BCUT2D eigenvalue weighted by atomic mass is 32.2. The molecule has 0 saturated heterocycles. The van der Waals surface area contributed by atoms with E-state index in [9.17, 15) is 13.5 Å². The van der Waals surface area contributed by atoms with E-state index >= 15 is 0 Å². The van der Waals surface area contributed by atoms with Crippen LogP contribution in [0.3, 0.4) is 0 Å². The molecule has 1 aliphatic rings. The van der Waals surface area contributed by atoms with Gasteiger partial charge in [0.15, 0.2) is 0 Å². The van der Waals surface area contributed by atoms with Crippen LogP contribution >= 0.6 is 0 Å². The smallest absolute Gasteiger partial charge is 0.229 e. The quantitative estimate of drug-likeness (QED) is 0.456. The molecule has 0 amide bonds. The normalized spacial score (nSPS) is 14.7. The first-order chi connectivity index (χ1) is 16.3. The molecule has 0 saturated carbocycles. The minimum atomic E-state index is -3.52. The Kier molecular flexibility index (Phi) is 7.56. The van der Waals surface area contributed by atoms with Gasteiger partial charge in [-0.05, 0) is 53.8 Å². The van der Waals surface area contributed by atoms with Gasteiger partial charge in [-0.25, -0.2) is 8.42 Å². The van der Waals surface area contributed by atoms with Gasteiger partial charge >= 0.3 is 0 Å². The van der Waals surface area contributed by atoms with Crippen LogP contribution in [0.1, 0.15) is 35.3 Å². The maximum atomic E-state index is 12.0. The van der Waals surface area contributed by atoms with E-state index in [1.54, 1.807) is 18.2 Å². The van der Waals surface area contributed by atoms with Crippen molar-refractivity contribution in [2.24, 2.45) is 0 Å². The minimum Gasteiger partial charge on any atom is -0.487 e.